The van der Waals surface area contributed by atoms with Gasteiger partial charge in [-0.2, -0.15) is 0 Å². The molecule has 1 saturated heterocycles. The number of nitro benzene ring substituents is 1. The van der Waals surface area contributed by atoms with Crippen molar-refractivity contribution >= 4 is 46.3 Å². The lowest BCUT2D eigenvalue weighted by atomic mass is 10.1. The Kier molecular flexibility index (Phi) is 5.69. The zero-order valence-electron chi connectivity index (χ0n) is 16.4. The van der Waals surface area contributed by atoms with Crippen LogP contribution in [0.3, 0.4) is 0 Å². The number of carbonyl (C=O) groups excluding carboxylic acids is 3. The maximum absolute atomic E-state index is 12.6. The second-order valence-electron chi connectivity index (χ2n) is 6.73. The molecule has 0 unspecified atom stereocenters. The summed E-state index contributed by atoms with van der Waals surface area (Å²) in [5.74, 6) is 0.104. The van der Waals surface area contributed by atoms with Gasteiger partial charge in [-0.05, 0) is 47.7 Å². The predicted octanol–water partition coefficient (Wildman–Crippen LogP) is 2.37. The SMILES string of the molecule is Nc1ccc(C(=O)NCCN2C(=O)S/C(=C\c3ccc4c(c3)OCO4)C2=O)cc1[N+](=O)[O-]. The third-order valence-corrected chi connectivity index (χ3v) is 5.59. The van der Waals surface area contributed by atoms with Crippen molar-refractivity contribution in [2.45, 2.75) is 0 Å². The summed E-state index contributed by atoms with van der Waals surface area (Å²) in [6.07, 6.45) is 1.58. The lowest BCUT2D eigenvalue weighted by molar-refractivity contribution is -0.383. The van der Waals surface area contributed by atoms with Crippen LogP contribution in [0.15, 0.2) is 41.3 Å². The van der Waals surface area contributed by atoms with Gasteiger partial charge >= 0.3 is 0 Å². The summed E-state index contributed by atoms with van der Waals surface area (Å²) in [5.41, 5.74) is 5.81. The molecule has 164 valence electrons. The summed E-state index contributed by atoms with van der Waals surface area (Å²) in [7, 11) is 0. The fraction of sp³-hybridized carbons (Fsp3) is 0.150. The number of rotatable bonds is 6. The summed E-state index contributed by atoms with van der Waals surface area (Å²) in [6.45, 7) is 0.0586. The molecule has 0 radical (unpaired) electrons. The molecule has 3 amide bonds. The molecule has 0 aliphatic carbocycles. The Bertz CT molecular complexity index is 1180. The first-order valence-electron chi connectivity index (χ1n) is 9.30. The lowest BCUT2D eigenvalue weighted by Gasteiger charge is -2.13. The van der Waals surface area contributed by atoms with E-state index in [1.54, 1.807) is 24.3 Å². The first-order chi connectivity index (χ1) is 15.3. The zero-order valence-corrected chi connectivity index (χ0v) is 17.2. The third-order valence-electron chi connectivity index (χ3n) is 4.68. The van der Waals surface area contributed by atoms with E-state index in [1.807, 2.05) is 0 Å². The van der Waals surface area contributed by atoms with Gasteiger partial charge in [0, 0.05) is 24.7 Å². The van der Waals surface area contributed by atoms with Crippen molar-refractivity contribution in [3.05, 3.63) is 62.5 Å². The molecule has 2 aliphatic heterocycles. The molecule has 0 aromatic heterocycles. The Balaban J connectivity index is 1.37. The van der Waals surface area contributed by atoms with E-state index >= 15 is 0 Å². The van der Waals surface area contributed by atoms with Gasteiger partial charge in [0.1, 0.15) is 5.69 Å². The largest absolute Gasteiger partial charge is 0.454 e. The number of thioether (sulfide) groups is 1. The van der Waals surface area contributed by atoms with Crippen LogP contribution in [0, 0.1) is 10.1 Å². The maximum Gasteiger partial charge on any atom is 0.293 e. The molecule has 2 heterocycles. The number of carbonyl (C=O) groups is 3. The standard InChI is InChI=1S/C20H16N4O7S/c21-13-3-2-12(9-14(13)24(28)29)18(25)22-5-6-23-19(26)17(32-20(23)27)8-11-1-4-15-16(7-11)31-10-30-15/h1-4,7-9H,5-6,10,21H2,(H,22,25)/b17-8-. The van der Waals surface area contributed by atoms with Gasteiger partial charge < -0.3 is 20.5 Å². The number of benzene rings is 2. The van der Waals surface area contributed by atoms with Crippen LogP contribution in [-0.4, -0.2) is 46.8 Å². The Morgan fingerprint density at radius 3 is 2.78 bits per heavy atom. The molecule has 11 nitrogen and oxygen atoms in total. The van der Waals surface area contributed by atoms with Crippen LogP contribution in [0.1, 0.15) is 15.9 Å². The molecule has 0 bridgehead atoms. The number of hydrogen-bond acceptors (Lipinski definition) is 9. The summed E-state index contributed by atoms with van der Waals surface area (Å²) < 4.78 is 10.6. The van der Waals surface area contributed by atoms with E-state index in [0.29, 0.717) is 17.1 Å². The minimum absolute atomic E-state index is 0.0215. The number of ether oxygens (including phenoxy) is 2. The normalized spacial score (nSPS) is 16.0. The highest BCUT2D eigenvalue weighted by Crippen LogP contribution is 2.36. The smallest absolute Gasteiger partial charge is 0.293 e. The molecule has 2 aromatic rings. The van der Waals surface area contributed by atoms with Crippen molar-refractivity contribution in [1.29, 1.82) is 0 Å². The first kappa shape index (κ1) is 21.2. The van der Waals surface area contributed by atoms with Crippen molar-refractivity contribution in [3.8, 4) is 11.5 Å². The van der Waals surface area contributed by atoms with Crippen LogP contribution in [0.2, 0.25) is 0 Å². The van der Waals surface area contributed by atoms with Crippen molar-refractivity contribution in [1.82, 2.24) is 10.2 Å². The molecule has 0 spiro atoms. The quantitative estimate of drug-likeness (QED) is 0.288. The van der Waals surface area contributed by atoms with Crippen LogP contribution in [0.4, 0.5) is 16.2 Å². The number of hydrogen-bond donors (Lipinski definition) is 2. The molecular formula is C20H16N4O7S. The number of nitrogens with two attached hydrogens (primary N) is 1. The van der Waals surface area contributed by atoms with E-state index in [-0.39, 0.29) is 41.7 Å². The van der Waals surface area contributed by atoms with Crippen molar-refractivity contribution in [2.24, 2.45) is 0 Å². The number of fused-ring (bicyclic) bond motifs is 1. The third kappa shape index (κ3) is 4.21. The van der Waals surface area contributed by atoms with E-state index in [1.165, 1.54) is 12.1 Å². The van der Waals surface area contributed by atoms with Gasteiger partial charge in [-0.15, -0.1) is 0 Å². The summed E-state index contributed by atoms with van der Waals surface area (Å²) in [6, 6.07) is 8.86. The molecule has 2 aromatic carbocycles. The Morgan fingerprint density at radius 2 is 2.00 bits per heavy atom. The molecule has 0 saturated carbocycles. The highest BCUT2D eigenvalue weighted by atomic mass is 32.2. The number of nitrogens with one attached hydrogen (secondary N) is 1. The van der Waals surface area contributed by atoms with Crippen LogP contribution >= 0.6 is 11.8 Å². The van der Waals surface area contributed by atoms with Gasteiger partial charge in [-0.25, -0.2) is 0 Å². The van der Waals surface area contributed by atoms with Crippen LogP contribution < -0.4 is 20.5 Å². The van der Waals surface area contributed by atoms with E-state index < -0.39 is 22.0 Å². The second-order valence-corrected chi connectivity index (χ2v) is 7.73. The zero-order chi connectivity index (χ0) is 22.8. The average Bonchev–Trinajstić information content (AvgIpc) is 3.33. The van der Waals surface area contributed by atoms with Gasteiger partial charge in [-0.1, -0.05) is 6.07 Å². The number of nitrogens with zero attached hydrogens (tertiary/aromatic N) is 2. The van der Waals surface area contributed by atoms with E-state index in [0.717, 1.165) is 22.7 Å². The molecule has 3 N–H and O–H groups in total. The fourth-order valence-electron chi connectivity index (χ4n) is 3.07. The van der Waals surface area contributed by atoms with Crippen molar-refractivity contribution in [3.63, 3.8) is 0 Å². The Labute approximate surface area is 185 Å². The van der Waals surface area contributed by atoms with Crippen LogP contribution in [0.5, 0.6) is 11.5 Å². The van der Waals surface area contributed by atoms with Crippen molar-refractivity contribution < 1.29 is 28.8 Å². The van der Waals surface area contributed by atoms with E-state index in [2.05, 4.69) is 5.32 Å². The fourth-order valence-corrected chi connectivity index (χ4v) is 3.94. The monoisotopic (exact) mass is 456 g/mol. The number of nitrogen functional groups attached to an aromatic ring is 1. The lowest BCUT2D eigenvalue weighted by Crippen LogP contribution is -2.37. The molecule has 2 aliphatic rings. The number of imide groups is 1. The summed E-state index contributed by atoms with van der Waals surface area (Å²) in [5, 5.41) is 13.0. The summed E-state index contributed by atoms with van der Waals surface area (Å²) in [4.78, 5) is 48.7. The Morgan fingerprint density at radius 1 is 1.22 bits per heavy atom. The molecule has 4 rings (SSSR count). The van der Waals surface area contributed by atoms with E-state index in [9.17, 15) is 24.5 Å². The van der Waals surface area contributed by atoms with Gasteiger partial charge in [-0.3, -0.25) is 29.4 Å². The average molecular weight is 456 g/mol. The van der Waals surface area contributed by atoms with Crippen LogP contribution in [-0.2, 0) is 4.79 Å². The van der Waals surface area contributed by atoms with E-state index in [4.69, 9.17) is 15.2 Å². The summed E-state index contributed by atoms with van der Waals surface area (Å²) >= 11 is 0.797. The molecule has 1 fully saturated rings. The Hall–Kier alpha value is -4.06. The number of anilines is 1. The first-order valence-corrected chi connectivity index (χ1v) is 10.1. The predicted molar refractivity (Wildman–Crippen MR) is 115 cm³/mol. The minimum atomic E-state index is -0.682. The maximum atomic E-state index is 12.6. The number of amides is 3. The van der Waals surface area contributed by atoms with Gasteiger partial charge in [0.25, 0.3) is 22.7 Å². The molecule has 12 heteroatoms. The molecular weight excluding hydrogens is 440 g/mol. The number of nitro groups is 1. The van der Waals surface area contributed by atoms with Crippen molar-refractivity contribution in [2.75, 3.05) is 25.6 Å². The van der Waals surface area contributed by atoms with Gasteiger partial charge in [0.2, 0.25) is 6.79 Å². The highest BCUT2D eigenvalue weighted by molar-refractivity contribution is 8.18. The second kappa shape index (κ2) is 8.59. The highest BCUT2D eigenvalue weighted by Gasteiger charge is 2.34. The van der Waals surface area contributed by atoms with Gasteiger partial charge in [0.15, 0.2) is 11.5 Å². The topological polar surface area (TPSA) is 154 Å². The van der Waals surface area contributed by atoms with Gasteiger partial charge in [0.05, 0.1) is 9.83 Å². The molecule has 0 atom stereocenters. The minimum Gasteiger partial charge on any atom is -0.454 e. The molecule has 32 heavy (non-hydrogen) atoms. The van der Waals surface area contributed by atoms with Crippen LogP contribution in [0.25, 0.3) is 6.08 Å².